The summed E-state index contributed by atoms with van der Waals surface area (Å²) < 4.78 is 6.77. The van der Waals surface area contributed by atoms with Crippen LogP contribution in [-0.4, -0.2) is 34.6 Å². The molecule has 3 aromatic rings. The van der Waals surface area contributed by atoms with Crippen LogP contribution in [0.3, 0.4) is 0 Å². The first-order chi connectivity index (χ1) is 13.6. The van der Waals surface area contributed by atoms with E-state index in [0.29, 0.717) is 24.0 Å². The summed E-state index contributed by atoms with van der Waals surface area (Å²) in [7, 11) is 0. The third-order valence-corrected chi connectivity index (χ3v) is 5.60. The number of benzene rings is 1. The number of aromatic nitrogens is 2. The molecule has 8 heteroatoms. The summed E-state index contributed by atoms with van der Waals surface area (Å²) in [6.45, 7) is 0.829. The molecule has 4 rings (SSSR count). The number of thiophene rings is 1. The molecule has 0 unspecified atom stereocenters. The molecule has 0 bridgehead atoms. The molecule has 0 saturated carbocycles. The van der Waals surface area contributed by atoms with Gasteiger partial charge >= 0.3 is 5.97 Å². The van der Waals surface area contributed by atoms with E-state index < -0.39 is 5.97 Å². The fourth-order valence-corrected chi connectivity index (χ4v) is 3.97. The van der Waals surface area contributed by atoms with Gasteiger partial charge in [-0.2, -0.15) is 0 Å². The van der Waals surface area contributed by atoms with Gasteiger partial charge in [0, 0.05) is 24.4 Å². The molecule has 1 amide bonds. The number of nitrogens with one attached hydrogen (secondary N) is 1. The minimum atomic E-state index is -0.613. The lowest BCUT2D eigenvalue weighted by molar-refractivity contribution is -0.124. The van der Waals surface area contributed by atoms with Crippen molar-refractivity contribution in [1.29, 1.82) is 0 Å². The number of fused-ring (bicyclic) bond motifs is 2. The average Bonchev–Trinajstić information content (AvgIpc) is 3.38. The molecule has 1 aliphatic heterocycles. The van der Waals surface area contributed by atoms with Gasteiger partial charge in [-0.05, 0) is 42.5 Å². The van der Waals surface area contributed by atoms with Crippen LogP contribution in [0.4, 0.5) is 0 Å². The zero-order valence-electron chi connectivity index (χ0n) is 15.1. The van der Waals surface area contributed by atoms with Crippen LogP contribution in [-0.2, 0) is 28.9 Å². The first kappa shape index (κ1) is 18.4. The molecule has 0 spiro atoms. The van der Waals surface area contributed by atoms with Crippen LogP contribution in [0.1, 0.15) is 27.5 Å². The highest BCUT2D eigenvalue weighted by atomic mass is 32.1. The van der Waals surface area contributed by atoms with Crippen LogP contribution in [0.2, 0.25) is 0 Å². The van der Waals surface area contributed by atoms with Gasteiger partial charge < -0.3 is 10.1 Å². The number of amides is 1. The normalized spacial score (nSPS) is 12.7. The predicted octanol–water partition coefficient (Wildman–Crippen LogP) is 1.92. The van der Waals surface area contributed by atoms with Crippen LogP contribution in [0.25, 0.3) is 10.9 Å². The maximum atomic E-state index is 12.5. The number of nitrogens with zero attached hydrogens (tertiary/aromatic N) is 2. The Hall–Kier alpha value is -3.00. The molecule has 28 heavy (non-hydrogen) atoms. The fraction of sp³-hybridized carbons (Fsp3) is 0.300. The fourth-order valence-electron chi connectivity index (χ4n) is 3.26. The third-order valence-electron chi connectivity index (χ3n) is 4.66. The molecule has 1 aromatic carbocycles. The first-order valence-electron chi connectivity index (χ1n) is 9.11. The summed E-state index contributed by atoms with van der Waals surface area (Å²) in [4.78, 5) is 42.2. The van der Waals surface area contributed by atoms with E-state index in [2.05, 4.69) is 10.3 Å². The van der Waals surface area contributed by atoms with Crippen molar-refractivity contribution in [2.75, 3.05) is 13.2 Å². The molecule has 0 atom stereocenters. The minimum absolute atomic E-state index is 0.0810. The molecule has 3 heterocycles. The third kappa shape index (κ3) is 3.82. The first-order valence-corrected chi connectivity index (χ1v) is 9.99. The van der Waals surface area contributed by atoms with Crippen molar-refractivity contribution in [3.05, 3.63) is 62.3 Å². The van der Waals surface area contributed by atoms with Crippen molar-refractivity contribution in [2.45, 2.75) is 25.8 Å². The molecule has 0 saturated heterocycles. The monoisotopic (exact) mass is 397 g/mol. The summed E-state index contributed by atoms with van der Waals surface area (Å²) in [6.07, 6.45) is 2.40. The van der Waals surface area contributed by atoms with Gasteiger partial charge in [0.15, 0.2) is 6.61 Å². The number of hydrogen-bond donors (Lipinski definition) is 1. The number of hydrogen-bond acceptors (Lipinski definition) is 6. The predicted molar refractivity (Wildman–Crippen MR) is 106 cm³/mol. The Morgan fingerprint density at radius 3 is 3.00 bits per heavy atom. The second kappa shape index (κ2) is 7.93. The number of carbonyl (C=O) groups is 2. The van der Waals surface area contributed by atoms with Crippen molar-refractivity contribution < 1.29 is 14.3 Å². The van der Waals surface area contributed by atoms with E-state index in [4.69, 9.17) is 4.74 Å². The second-order valence-electron chi connectivity index (χ2n) is 6.58. The smallest absolute Gasteiger partial charge is 0.338 e. The van der Waals surface area contributed by atoms with E-state index in [9.17, 15) is 14.4 Å². The summed E-state index contributed by atoms with van der Waals surface area (Å²) >= 11 is 1.63. The van der Waals surface area contributed by atoms with E-state index in [-0.39, 0.29) is 23.6 Å². The van der Waals surface area contributed by atoms with Gasteiger partial charge in [0.05, 0.1) is 16.5 Å². The molecule has 1 N–H and O–H groups in total. The standard InChI is InChI=1S/C20H19N3O4S/c24-18(21-8-7-14-3-2-10-28-14)12-27-20(26)13-5-6-15-16(11-13)22-17-4-1-9-23(17)19(15)25/h2-3,5-6,10-11H,1,4,7-9,12H2,(H,21,24). The van der Waals surface area contributed by atoms with E-state index in [1.807, 2.05) is 17.5 Å². The number of carbonyl (C=O) groups excluding carboxylic acids is 2. The molecule has 144 valence electrons. The lowest BCUT2D eigenvalue weighted by Crippen LogP contribution is -2.30. The molecular weight excluding hydrogens is 378 g/mol. The van der Waals surface area contributed by atoms with Gasteiger partial charge in [-0.25, -0.2) is 9.78 Å². The molecule has 2 aromatic heterocycles. The van der Waals surface area contributed by atoms with Gasteiger partial charge in [0.1, 0.15) is 5.82 Å². The van der Waals surface area contributed by atoms with E-state index >= 15 is 0 Å². The Morgan fingerprint density at radius 1 is 1.29 bits per heavy atom. The Bertz CT molecular complexity index is 1090. The average molecular weight is 397 g/mol. The zero-order valence-corrected chi connectivity index (χ0v) is 16.0. The van der Waals surface area contributed by atoms with Gasteiger partial charge in [0.25, 0.3) is 11.5 Å². The Labute approximate surface area is 165 Å². The molecule has 0 aliphatic carbocycles. The van der Waals surface area contributed by atoms with E-state index in [0.717, 1.165) is 25.1 Å². The molecule has 0 fully saturated rings. The molecule has 0 radical (unpaired) electrons. The zero-order chi connectivity index (χ0) is 19.5. The SMILES string of the molecule is O=C(COC(=O)c1ccc2c(=O)n3c(nc2c1)CCC3)NCCc1cccs1. The molecular formula is C20H19N3O4S. The number of aryl methyl sites for hydroxylation is 1. The summed E-state index contributed by atoms with van der Waals surface area (Å²) in [5.41, 5.74) is 0.671. The van der Waals surface area contributed by atoms with Gasteiger partial charge in [-0.15, -0.1) is 11.3 Å². The van der Waals surface area contributed by atoms with Gasteiger partial charge in [-0.1, -0.05) is 6.07 Å². The van der Waals surface area contributed by atoms with Crippen LogP contribution >= 0.6 is 11.3 Å². The number of rotatable bonds is 6. The highest BCUT2D eigenvalue weighted by Gasteiger charge is 2.17. The Kier molecular flexibility index (Phi) is 5.21. The van der Waals surface area contributed by atoms with Crippen LogP contribution < -0.4 is 10.9 Å². The maximum absolute atomic E-state index is 12.5. The lowest BCUT2D eigenvalue weighted by Gasteiger charge is -2.08. The Balaban J connectivity index is 1.36. The summed E-state index contributed by atoms with van der Waals surface area (Å²) in [6, 6.07) is 8.64. The highest BCUT2D eigenvalue weighted by molar-refractivity contribution is 7.09. The largest absolute Gasteiger partial charge is 0.452 e. The van der Waals surface area contributed by atoms with Crippen molar-refractivity contribution in [3.63, 3.8) is 0 Å². The van der Waals surface area contributed by atoms with E-state index in [1.165, 1.54) is 10.9 Å². The van der Waals surface area contributed by atoms with Crippen molar-refractivity contribution >= 4 is 34.1 Å². The molecule has 1 aliphatic rings. The van der Waals surface area contributed by atoms with E-state index in [1.54, 1.807) is 28.0 Å². The van der Waals surface area contributed by atoms with Gasteiger partial charge in [-0.3, -0.25) is 14.2 Å². The van der Waals surface area contributed by atoms with Crippen LogP contribution in [0.15, 0.2) is 40.5 Å². The van der Waals surface area contributed by atoms with Crippen molar-refractivity contribution in [2.24, 2.45) is 0 Å². The topological polar surface area (TPSA) is 90.3 Å². The van der Waals surface area contributed by atoms with Crippen LogP contribution in [0, 0.1) is 0 Å². The molecule has 7 nitrogen and oxygen atoms in total. The number of ether oxygens (including phenoxy) is 1. The van der Waals surface area contributed by atoms with Crippen molar-refractivity contribution in [3.8, 4) is 0 Å². The quantitative estimate of drug-likeness (QED) is 0.642. The minimum Gasteiger partial charge on any atom is -0.452 e. The maximum Gasteiger partial charge on any atom is 0.338 e. The number of esters is 1. The highest BCUT2D eigenvalue weighted by Crippen LogP contribution is 2.16. The lowest BCUT2D eigenvalue weighted by atomic mass is 10.1. The summed E-state index contributed by atoms with van der Waals surface area (Å²) in [5, 5.41) is 5.19. The summed E-state index contributed by atoms with van der Waals surface area (Å²) in [5.74, 6) is -0.217. The van der Waals surface area contributed by atoms with Crippen molar-refractivity contribution in [1.82, 2.24) is 14.9 Å². The van der Waals surface area contributed by atoms with Crippen LogP contribution in [0.5, 0.6) is 0 Å². The van der Waals surface area contributed by atoms with Gasteiger partial charge in [0.2, 0.25) is 0 Å². The Morgan fingerprint density at radius 2 is 2.18 bits per heavy atom. The second-order valence-corrected chi connectivity index (χ2v) is 7.61.